The number of nitrogens with zero attached hydrogens (tertiary/aromatic N) is 2. The van der Waals surface area contributed by atoms with E-state index in [0.29, 0.717) is 34.1 Å². The maximum atomic E-state index is 13.0. The summed E-state index contributed by atoms with van der Waals surface area (Å²) in [6.07, 6.45) is -0.306. The third kappa shape index (κ3) is 6.46. The van der Waals surface area contributed by atoms with E-state index in [-0.39, 0.29) is 24.1 Å². The predicted octanol–water partition coefficient (Wildman–Crippen LogP) is 5.85. The van der Waals surface area contributed by atoms with E-state index in [1.807, 2.05) is 58.9 Å². The smallest absolute Gasteiger partial charge is 0.265 e. The molecule has 0 saturated heterocycles. The maximum Gasteiger partial charge on any atom is 0.265 e. The number of benzene rings is 3. The number of halogens is 1. The molecule has 0 aromatic heterocycles. The van der Waals surface area contributed by atoms with E-state index in [0.717, 1.165) is 22.3 Å². The summed E-state index contributed by atoms with van der Waals surface area (Å²) in [5.41, 5.74) is 5.08. The number of carbonyl (C=O) groups is 3. The summed E-state index contributed by atoms with van der Waals surface area (Å²) in [6.45, 7) is 9.57. The Labute approximate surface area is 233 Å². The van der Waals surface area contributed by atoms with Crippen LogP contribution in [0.1, 0.15) is 52.4 Å². The van der Waals surface area contributed by atoms with Gasteiger partial charge in [-0.15, -0.1) is 0 Å². The number of aryl methyl sites for hydroxylation is 4. The number of amides is 3. The molecule has 0 spiro atoms. The van der Waals surface area contributed by atoms with Crippen molar-refractivity contribution in [2.24, 2.45) is 5.10 Å². The molecule has 0 aliphatic carbocycles. The lowest BCUT2D eigenvalue weighted by atomic mass is 10.1. The molecule has 4 rings (SSSR count). The molecule has 0 fully saturated rings. The average molecular weight is 547 g/mol. The number of rotatable bonds is 7. The van der Waals surface area contributed by atoms with Crippen molar-refractivity contribution < 1.29 is 19.1 Å². The van der Waals surface area contributed by atoms with Gasteiger partial charge in [-0.2, -0.15) is 10.1 Å². The summed E-state index contributed by atoms with van der Waals surface area (Å²) in [7, 11) is 0. The summed E-state index contributed by atoms with van der Waals surface area (Å²) in [5.74, 6) is -0.205. The maximum absolute atomic E-state index is 13.0. The van der Waals surface area contributed by atoms with E-state index in [4.69, 9.17) is 16.3 Å². The first-order chi connectivity index (χ1) is 18.5. The van der Waals surface area contributed by atoms with E-state index >= 15 is 0 Å². The van der Waals surface area contributed by atoms with Gasteiger partial charge < -0.3 is 15.4 Å². The number of amidine groups is 1. The van der Waals surface area contributed by atoms with Crippen molar-refractivity contribution in [2.45, 2.75) is 53.6 Å². The zero-order valence-electron chi connectivity index (χ0n) is 22.6. The average Bonchev–Trinajstić information content (AvgIpc) is 3.22. The molecule has 3 aromatic carbocycles. The molecular weight excluding hydrogens is 516 g/mol. The molecule has 1 heterocycles. The molecule has 1 aliphatic rings. The molecule has 0 radical (unpaired) electrons. The molecule has 0 bridgehead atoms. The summed E-state index contributed by atoms with van der Waals surface area (Å²) in [4.78, 5) is 38.6. The number of hydrogen-bond acceptors (Lipinski definition) is 5. The number of nitrogens with one attached hydrogen (secondary N) is 2. The minimum Gasteiger partial charge on any atom is -0.480 e. The van der Waals surface area contributed by atoms with Crippen LogP contribution >= 0.6 is 11.6 Å². The van der Waals surface area contributed by atoms with Crippen molar-refractivity contribution in [2.75, 3.05) is 10.3 Å². The lowest BCUT2D eigenvalue weighted by Crippen LogP contribution is -2.33. The molecule has 3 amide bonds. The van der Waals surface area contributed by atoms with Gasteiger partial charge in [0.25, 0.3) is 17.7 Å². The molecule has 9 heteroatoms. The zero-order valence-corrected chi connectivity index (χ0v) is 23.3. The van der Waals surface area contributed by atoms with Crippen LogP contribution in [0.25, 0.3) is 0 Å². The monoisotopic (exact) mass is 546 g/mol. The van der Waals surface area contributed by atoms with E-state index in [2.05, 4.69) is 15.7 Å². The van der Waals surface area contributed by atoms with E-state index in [1.165, 1.54) is 5.01 Å². The highest BCUT2D eigenvalue weighted by Gasteiger charge is 2.29. The Hall–Kier alpha value is -4.17. The van der Waals surface area contributed by atoms with Gasteiger partial charge in [-0.25, -0.2) is 0 Å². The minimum absolute atomic E-state index is 0.0697. The van der Waals surface area contributed by atoms with Crippen molar-refractivity contribution in [3.63, 3.8) is 0 Å². The molecular formula is C30H31ClN4O4. The number of ether oxygens (including phenoxy) is 1. The first kappa shape index (κ1) is 27.9. The first-order valence-corrected chi connectivity index (χ1v) is 13.1. The molecule has 39 heavy (non-hydrogen) atoms. The summed E-state index contributed by atoms with van der Waals surface area (Å²) in [6, 6.07) is 16.0. The summed E-state index contributed by atoms with van der Waals surface area (Å²) in [5, 5.41) is 11.5. The van der Waals surface area contributed by atoms with Crippen LogP contribution in [0.4, 0.5) is 11.4 Å². The van der Waals surface area contributed by atoms with Crippen molar-refractivity contribution in [1.82, 2.24) is 5.32 Å². The van der Waals surface area contributed by atoms with Gasteiger partial charge in [0, 0.05) is 11.3 Å². The van der Waals surface area contributed by atoms with Gasteiger partial charge in [-0.05, 0) is 81.1 Å². The van der Waals surface area contributed by atoms with Gasteiger partial charge in [0.15, 0.2) is 6.10 Å². The van der Waals surface area contributed by atoms with Crippen LogP contribution in [0, 0.1) is 27.7 Å². The lowest BCUT2D eigenvalue weighted by Gasteiger charge is -2.19. The standard InChI is InChI=1S/C30H31ClN4O4/c1-6-24(39-25-11-10-17(2)12-19(25)4)30(38)32-22-9-7-8-21(15-22)29(37)33-26-16-27(36)35(34-26)28-20(5)13-18(3)14-23(28)31/h7-15,24H,6,16H2,1-5H3,(H,32,38)(H,33,34,37). The fourth-order valence-corrected chi connectivity index (χ4v) is 4.82. The highest BCUT2D eigenvalue weighted by molar-refractivity contribution is 6.34. The largest absolute Gasteiger partial charge is 0.480 e. The molecule has 1 aliphatic heterocycles. The van der Waals surface area contributed by atoms with Crippen LogP contribution < -0.4 is 20.4 Å². The van der Waals surface area contributed by atoms with E-state index in [1.54, 1.807) is 30.3 Å². The number of hydrazone groups is 1. The minimum atomic E-state index is -0.703. The molecule has 0 saturated carbocycles. The van der Waals surface area contributed by atoms with Crippen molar-refractivity contribution in [3.8, 4) is 5.75 Å². The van der Waals surface area contributed by atoms with Gasteiger partial charge >= 0.3 is 0 Å². The Morgan fingerprint density at radius 1 is 1.00 bits per heavy atom. The van der Waals surface area contributed by atoms with Crippen LogP contribution in [-0.2, 0) is 9.59 Å². The second-order valence-corrected chi connectivity index (χ2v) is 10.1. The molecule has 3 aromatic rings. The molecule has 202 valence electrons. The van der Waals surface area contributed by atoms with Crippen LogP contribution in [0.15, 0.2) is 59.7 Å². The van der Waals surface area contributed by atoms with Gasteiger partial charge in [0.2, 0.25) is 0 Å². The Balaban J connectivity index is 1.44. The quantitative estimate of drug-likeness (QED) is 0.388. The van der Waals surface area contributed by atoms with Gasteiger partial charge in [0.1, 0.15) is 11.6 Å². The Morgan fingerprint density at radius 3 is 2.44 bits per heavy atom. The summed E-state index contributed by atoms with van der Waals surface area (Å²) < 4.78 is 5.98. The summed E-state index contributed by atoms with van der Waals surface area (Å²) >= 11 is 6.39. The predicted molar refractivity (Wildman–Crippen MR) is 154 cm³/mol. The van der Waals surface area contributed by atoms with Crippen LogP contribution in [0.5, 0.6) is 5.75 Å². The van der Waals surface area contributed by atoms with Crippen molar-refractivity contribution >= 4 is 46.5 Å². The topological polar surface area (TPSA) is 100 Å². The SMILES string of the molecule is CCC(Oc1ccc(C)cc1C)C(=O)Nc1cccc(C(=O)NC2=NN(c3c(C)cc(C)cc3Cl)C(=O)C2)c1. The Morgan fingerprint density at radius 2 is 1.74 bits per heavy atom. The lowest BCUT2D eigenvalue weighted by molar-refractivity contribution is -0.122. The molecule has 2 N–H and O–H groups in total. The normalized spacial score (nSPS) is 13.6. The third-order valence-electron chi connectivity index (χ3n) is 6.30. The second-order valence-electron chi connectivity index (χ2n) is 9.65. The fraction of sp³-hybridized carbons (Fsp3) is 0.267. The van der Waals surface area contributed by atoms with Crippen LogP contribution in [-0.4, -0.2) is 29.7 Å². The Kier molecular flexibility index (Phi) is 8.35. The highest BCUT2D eigenvalue weighted by atomic mass is 35.5. The van der Waals surface area contributed by atoms with Gasteiger partial charge in [-0.1, -0.05) is 48.4 Å². The number of anilines is 2. The highest BCUT2D eigenvalue weighted by Crippen LogP contribution is 2.33. The van der Waals surface area contributed by atoms with Crippen LogP contribution in [0.2, 0.25) is 5.02 Å². The number of carbonyl (C=O) groups excluding carboxylic acids is 3. The molecule has 8 nitrogen and oxygen atoms in total. The molecule has 1 atom stereocenters. The van der Waals surface area contributed by atoms with Gasteiger partial charge in [-0.3, -0.25) is 14.4 Å². The van der Waals surface area contributed by atoms with Crippen LogP contribution in [0.3, 0.4) is 0 Å². The Bertz CT molecular complexity index is 1460. The first-order valence-electron chi connectivity index (χ1n) is 12.7. The third-order valence-corrected chi connectivity index (χ3v) is 6.59. The zero-order chi connectivity index (χ0) is 28.3. The second kappa shape index (κ2) is 11.7. The fourth-order valence-electron chi connectivity index (χ4n) is 4.42. The van der Waals surface area contributed by atoms with E-state index in [9.17, 15) is 14.4 Å². The number of hydrogen-bond donors (Lipinski definition) is 2. The van der Waals surface area contributed by atoms with Gasteiger partial charge in [0.05, 0.1) is 17.1 Å². The van der Waals surface area contributed by atoms with Crippen molar-refractivity contribution in [1.29, 1.82) is 0 Å². The molecule has 1 unspecified atom stereocenters. The van der Waals surface area contributed by atoms with E-state index < -0.39 is 12.0 Å². The van der Waals surface area contributed by atoms with Crippen molar-refractivity contribution in [3.05, 3.63) is 87.4 Å².